The molecule has 0 aromatic heterocycles. The highest BCUT2D eigenvalue weighted by molar-refractivity contribution is 5.77. The number of amides is 1. The lowest BCUT2D eigenvalue weighted by molar-refractivity contribution is -0.124. The molecule has 21 heavy (non-hydrogen) atoms. The average Bonchev–Trinajstić information content (AvgIpc) is 2.98. The Morgan fingerprint density at radius 2 is 2.00 bits per heavy atom. The van der Waals surface area contributed by atoms with E-state index in [2.05, 4.69) is 11.4 Å². The van der Waals surface area contributed by atoms with Crippen LogP contribution in [0.25, 0.3) is 0 Å². The van der Waals surface area contributed by atoms with Crippen LogP contribution in [0.15, 0.2) is 18.2 Å². The molecular formula is C17H25NO3. The molecule has 0 aliphatic heterocycles. The van der Waals surface area contributed by atoms with E-state index in [4.69, 9.17) is 4.74 Å². The van der Waals surface area contributed by atoms with Gasteiger partial charge in [-0.3, -0.25) is 4.79 Å². The minimum absolute atomic E-state index is 0.0116. The van der Waals surface area contributed by atoms with Crippen molar-refractivity contribution in [2.75, 3.05) is 13.2 Å². The van der Waals surface area contributed by atoms with Crippen LogP contribution in [-0.2, 0) is 17.6 Å². The van der Waals surface area contributed by atoms with E-state index in [-0.39, 0.29) is 19.1 Å². The summed E-state index contributed by atoms with van der Waals surface area (Å²) >= 11 is 0. The minimum atomic E-state index is -0.816. The van der Waals surface area contributed by atoms with Gasteiger partial charge in [0.25, 0.3) is 5.91 Å². The van der Waals surface area contributed by atoms with Crippen LogP contribution >= 0.6 is 0 Å². The van der Waals surface area contributed by atoms with Crippen molar-refractivity contribution in [1.29, 1.82) is 0 Å². The first-order valence-corrected chi connectivity index (χ1v) is 7.80. The van der Waals surface area contributed by atoms with E-state index in [1.807, 2.05) is 26.0 Å². The van der Waals surface area contributed by atoms with Crippen LogP contribution in [0.5, 0.6) is 5.75 Å². The first-order valence-electron chi connectivity index (χ1n) is 7.80. The number of hydrogen-bond donors (Lipinski definition) is 2. The van der Waals surface area contributed by atoms with Crippen LogP contribution in [0, 0.1) is 0 Å². The van der Waals surface area contributed by atoms with Crippen LogP contribution in [0.1, 0.15) is 44.2 Å². The molecule has 0 radical (unpaired) electrons. The Kier molecular flexibility index (Phi) is 5.23. The fourth-order valence-electron chi connectivity index (χ4n) is 2.60. The van der Waals surface area contributed by atoms with Crippen molar-refractivity contribution in [2.24, 2.45) is 0 Å². The van der Waals surface area contributed by atoms with Crippen molar-refractivity contribution in [2.45, 2.75) is 51.6 Å². The molecule has 0 atom stereocenters. The van der Waals surface area contributed by atoms with E-state index in [1.54, 1.807) is 0 Å². The molecule has 116 valence electrons. The second-order valence-electron chi connectivity index (χ2n) is 5.78. The zero-order valence-electron chi connectivity index (χ0n) is 12.9. The lowest BCUT2D eigenvalue weighted by atomic mass is 9.98. The molecule has 1 amide bonds. The van der Waals surface area contributed by atoms with Crippen LogP contribution in [0.2, 0.25) is 0 Å². The van der Waals surface area contributed by atoms with E-state index in [1.165, 1.54) is 17.5 Å². The van der Waals surface area contributed by atoms with Gasteiger partial charge in [-0.2, -0.15) is 0 Å². The Hall–Kier alpha value is -1.55. The number of hydrogen-bond acceptors (Lipinski definition) is 3. The van der Waals surface area contributed by atoms with Crippen LogP contribution < -0.4 is 10.1 Å². The number of nitrogens with one attached hydrogen (secondary N) is 1. The van der Waals surface area contributed by atoms with E-state index in [0.29, 0.717) is 12.8 Å². The summed E-state index contributed by atoms with van der Waals surface area (Å²) in [6, 6.07) is 6.04. The number of fused-ring (bicyclic) bond motifs is 1. The molecule has 0 fully saturated rings. The molecule has 2 N–H and O–H groups in total. The second kappa shape index (κ2) is 6.94. The highest BCUT2D eigenvalue weighted by atomic mass is 16.5. The predicted molar refractivity (Wildman–Crippen MR) is 82.5 cm³/mol. The number of rotatable bonds is 7. The molecule has 1 aliphatic carbocycles. The van der Waals surface area contributed by atoms with E-state index >= 15 is 0 Å². The maximum absolute atomic E-state index is 11.8. The third-order valence-electron chi connectivity index (χ3n) is 4.37. The normalized spacial score (nSPS) is 13.9. The number of aryl methyl sites for hydroxylation is 2. The summed E-state index contributed by atoms with van der Waals surface area (Å²) in [5.74, 6) is 0.544. The van der Waals surface area contributed by atoms with Gasteiger partial charge in [-0.25, -0.2) is 0 Å². The maximum atomic E-state index is 11.8. The molecule has 4 nitrogen and oxygen atoms in total. The first kappa shape index (κ1) is 15.8. The summed E-state index contributed by atoms with van der Waals surface area (Å²) < 4.78 is 5.53. The van der Waals surface area contributed by atoms with E-state index < -0.39 is 5.60 Å². The third-order valence-corrected chi connectivity index (χ3v) is 4.37. The van der Waals surface area contributed by atoms with E-state index in [9.17, 15) is 9.90 Å². The van der Waals surface area contributed by atoms with Crippen molar-refractivity contribution in [3.8, 4) is 5.75 Å². The van der Waals surface area contributed by atoms with Crippen molar-refractivity contribution in [3.63, 3.8) is 0 Å². The van der Waals surface area contributed by atoms with Crippen molar-refractivity contribution in [3.05, 3.63) is 29.3 Å². The first-order chi connectivity index (χ1) is 10.1. The zero-order valence-corrected chi connectivity index (χ0v) is 12.9. The molecule has 1 aliphatic rings. The van der Waals surface area contributed by atoms with E-state index in [0.717, 1.165) is 18.6 Å². The SMILES string of the molecule is CCC(O)(CC)CNC(=O)COc1ccc2c(c1)CCC2. The van der Waals surface area contributed by atoms with Gasteiger partial charge >= 0.3 is 0 Å². The standard InChI is InChI=1S/C17H25NO3/c1-3-17(20,4-2)12-18-16(19)11-21-15-9-8-13-6-5-7-14(13)10-15/h8-10,20H,3-7,11-12H2,1-2H3,(H,18,19). The lowest BCUT2D eigenvalue weighted by Crippen LogP contribution is -2.43. The number of carbonyl (C=O) groups is 1. The van der Waals surface area contributed by atoms with Crippen molar-refractivity contribution in [1.82, 2.24) is 5.32 Å². The molecule has 0 spiro atoms. The number of aliphatic hydroxyl groups is 1. The zero-order chi connectivity index (χ0) is 15.3. The highest BCUT2D eigenvalue weighted by Crippen LogP contribution is 2.25. The predicted octanol–water partition coefficient (Wildman–Crippen LogP) is 2.22. The van der Waals surface area contributed by atoms with Gasteiger partial charge in [0.05, 0.1) is 5.60 Å². The summed E-state index contributed by atoms with van der Waals surface area (Å²) in [4.78, 5) is 11.8. The van der Waals surface area contributed by atoms with Gasteiger partial charge in [0.2, 0.25) is 0 Å². The molecule has 0 saturated heterocycles. The number of benzene rings is 1. The van der Waals surface area contributed by atoms with Gasteiger partial charge in [0.1, 0.15) is 5.75 Å². The molecule has 1 aromatic carbocycles. The number of ether oxygens (including phenoxy) is 1. The van der Waals surface area contributed by atoms with Crippen LogP contribution in [0.3, 0.4) is 0 Å². The smallest absolute Gasteiger partial charge is 0.258 e. The molecule has 2 rings (SSSR count). The van der Waals surface area contributed by atoms with Crippen LogP contribution in [0.4, 0.5) is 0 Å². The summed E-state index contributed by atoms with van der Waals surface area (Å²) in [5, 5.41) is 12.8. The van der Waals surface area contributed by atoms with Gasteiger partial charge < -0.3 is 15.2 Å². The van der Waals surface area contributed by atoms with Gasteiger partial charge in [0, 0.05) is 6.54 Å². The summed E-state index contributed by atoms with van der Waals surface area (Å²) in [6.07, 6.45) is 4.68. The Balaban J connectivity index is 1.79. The van der Waals surface area contributed by atoms with Gasteiger partial charge in [-0.05, 0) is 55.4 Å². The lowest BCUT2D eigenvalue weighted by Gasteiger charge is -2.25. The molecule has 0 heterocycles. The monoisotopic (exact) mass is 291 g/mol. The molecular weight excluding hydrogens is 266 g/mol. The van der Waals surface area contributed by atoms with Gasteiger partial charge in [-0.1, -0.05) is 19.9 Å². The van der Waals surface area contributed by atoms with Gasteiger partial charge in [0.15, 0.2) is 6.61 Å². The highest BCUT2D eigenvalue weighted by Gasteiger charge is 2.22. The average molecular weight is 291 g/mol. The molecule has 1 aromatic rings. The van der Waals surface area contributed by atoms with Crippen molar-refractivity contribution < 1.29 is 14.6 Å². The summed E-state index contributed by atoms with van der Waals surface area (Å²) in [6.45, 7) is 4.09. The third kappa shape index (κ3) is 4.21. The quantitative estimate of drug-likeness (QED) is 0.810. The molecule has 4 heteroatoms. The Labute approximate surface area is 126 Å². The Morgan fingerprint density at radius 1 is 1.29 bits per heavy atom. The maximum Gasteiger partial charge on any atom is 0.258 e. The van der Waals surface area contributed by atoms with Gasteiger partial charge in [-0.15, -0.1) is 0 Å². The largest absolute Gasteiger partial charge is 0.484 e. The topological polar surface area (TPSA) is 58.6 Å². The minimum Gasteiger partial charge on any atom is -0.484 e. The fourth-order valence-corrected chi connectivity index (χ4v) is 2.60. The second-order valence-corrected chi connectivity index (χ2v) is 5.78. The fraction of sp³-hybridized carbons (Fsp3) is 0.588. The molecule has 0 bridgehead atoms. The number of carbonyl (C=O) groups excluding carboxylic acids is 1. The van der Waals surface area contributed by atoms with Crippen molar-refractivity contribution >= 4 is 5.91 Å². The summed E-state index contributed by atoms with van der Waals surface area (Å²) in [7, 11) is 0. The Bertz CT molecular complexity index is 495. The molecule has 0 unspecified atom stereocenters. The molecule has 0 saturated carbocycles. The summed E-state index contributed by atoms with van der Waals surface area (Å²) in [5.41, 5.74) is 1.91. The van der Waals surface area contributed by atoms with Crippen LogP contribution in [-0.4, -0.2) is 29.8 Å². The Morgan fingerprint density at radius 3 is 2.71 bits per heavy atom.